The van der Waals surface area contributed by atoms with Gasteiger partial charge in [-0.25, -0.2) is 4.39 Å². The van der Waals surface area contributed by atoms with Gasteiger partial charge in [-0.3, -0.25) is 14.9 Å². The van der Waals surface area contributed by atoms with Crippen LogP contribution < -0.4 is 0 Å². The highest BCUT2D eigenvalue weighted by molar-refractivity contribution is 5.95. The first-order valence-electron chi connectivity index (χ1n) is 6.13. The third kappa shape index (κ3) is 2.72. The van der Waals surface area contributed by atoms with Gasteiger partial charge in [0.05, 0.1) is 10.5 Å². The summed E-state index contributed by atoms with van der Waals surface area (Å²) in [4.78, 5) is 23.7. The van der Waals surface area contributed by atoms with E-state index >= 15 is 0 Å². The van der Waals surface area contributed by atoms with Crippen molar-refractivity contribution in [2.24, 2.45) is 5.92 Å². The molecule has 19 heavy (non-hydrogen) atoms. The van der Waals surface area contributed by atoms with Crippen LogP contribution in [0.3, 0.4) is 0 Å². The van der Waals surface area contributed by atoms with Crippen LogP contribution in [-0.2, 0) is 0 Å². The average molecular weight is 266 g/mol. The highest BCUT2D eigenvalue weighted by Crippen LogP contribution is 2.35. The fourth-order valence-electron chi connectivity index (χ4n) is 2.06. The lowest BCUT2D eigenvalue weighted by Gasteiger charge is -2.25. The molecule has 1 amide bonds. The minimum Gasteiger partial charge on any atom is -0.339 e. The summed E-state index contributed by atoms with van der Waals surface area (Å²) in [6, 6.07) is 3.02. The number of nitro benzene ring substituents is 1. The molecule has 1 saturated carbocycles. The Morgan fingerprint density at radius 2 is 2.16 bits per heavy atom. The zero-order valence-electron chi connectivity index (χ0n) is 10.8. The number of non-ortho nitro benzene ring substituents is 1. The Hall–Kier alpha value is -1.98. The number of hydrogen-bond acceptors (Lipinski definition) is 3. The maximum Gasteiger partial charge on any atom is 0.270 e. The molecule has 1 aliphatic carbocycles. The Bertz CT molecular complexity index is 529. The first kappa shape index (κ1) is 13.5. The normalized spacial score (nSPS) is 15.9. The minimum absolute atomic E-state index is 0.0196. The molecule has 1 aliphatic rings. The number of carbonyl (C=O) groups excluding carboxylic acids is 1. The topological polar surface area (TPSA) is 63.5 Å². The highest BCUT2D eigenvalue weighted by Gasteiger charge is 2.33. The maximum atomic E-state index is 13.7. The third-order valence-corrected chi connectivity index (χ3v) is 3.63. The average Bonchev–Trinajstić information content (AvgIpc) is 3.20. The second kappa shape index (κ2) is 4.95. The van der Waals surface area contributed by atoms with Crippen molar-refractivity contribution >= 4 is 11.6 Å². The lowest BCUT2D eigenvalue weighted by Crippen LogP contribution is -2.36. The summed E-state index contributed by atoms with van der Waals surface area (Å²) >= 11 is 0. The van der Waals surface area contributed by atoms with Crippen molar-refractivity contribution in [3.63, 3.8) is 0 Å². The second-order valence-electron chi connectivity index (χ2n) is 4.92. The number of nitrogens with zero attached hydrogens (tertiary/aromatic N) is 2. The third-order valence-electron chi connectivity index (χ3n) is 3.63. The fourth-order valence-corrected chi connectivity index (χ4v) is 2.06. The SMILES string of the molecule is CC(C1CC1)N(C)C(=O)c1cc([N+](=O)[O-])ccc1F. The van der Waals surface area contributed by atoms with Crippen molar-refractivity contribution in [1.29, 1.82) is 0 Å². The Balaban J connectivity index is 2.26. The van der Waals surface area contributed by atoms with E-state index in [9.17, 15) is 19.3 Å². The molecule has 1 aromatic rings. The van der Waals surface area contributed by atoms with E-state index in [1.54, 1.807) is 7.05 Å². The van der Waals surface area contributed by atoms with Gasteiger partial charge in [0, 0.05) is 25.2 Å². The summed E-state index contributed by atoms with van der Waals surface area (Å²) in [6.45, 7) is 1.91. The molecular formula is C13H15FN2O3. The zero-order valence-corrected chi connectivity index (χ0v) is 10.8. The summed E-state index contributed by atoms with van der Waals surface area (Å²) in [6.07, 6.45) is 2.13. The van der Waals surface area contributed by atoms with Crippen molar-refractivity contribution in [2.75, 3.05) is 7.05 Å². The highest BCUT2D eigenvalue weighted by atomic mass is 19.1. The summed E-state index contributed by atoms with van der Waals surface area (Å²) in [5.41, 5.74) is -0.526. The summed E-state index contributed by atoms with van der Waals surface area (Å²) in [5, 5.41) is 10.7. The molecule has 102 valence electrons. The predicted molar refractivity (Wildman–Crippen MR) is 67.3 cm³/mol. The van der Waals surface area contributed by atoms with E-state index in [0.29, 0.717) is 5.92 Å². The molecule has 1 fully saturated rings. The molecule has 0 bridgehead atoms. The van der Waals surface area contributed by atoms with E-state index in [-0.39, 0.29) is 17.3 Å². The molecule has 2 rings (SSSR count). The van der Waals surface area contributed by atoms with E-state index < -0.39 is 16.6 Å². The number of benzene rings is 1. The van der Waals surface area contributed by atoms with E-state index in [1.807, 2.05) is 6.92 Å². The first-order chi connectivity index (χ1) is 8.91. The number of nitro groups is 1. The number of amides is 1. The molecule has 0 aromatic heterocycles. The smallest absolute Gasteiger partial charge is 0.270 e. The molecule has 6 heteroatoms. The van der Waals surface area contributed by atoms with Gasteiger partial charge >= 0.3 is 0 Å². The van der Waals surface area contributed by atoms with Gasteiger partial charge in [-0.15, -0.1) is 0 Å². The molecule has 0 radical (unpaired) electrons. The number of rotatable bonds is 4. The molecule has 0 heterocycles. The molecule has 0 saturated heterocycles. The van der Waals surface area contributed by atoms with Crippen molar-refractivity contribution in [1.82, 2.24) is 4.90 Å². The van der Waals surface area contributed by atoms with Crippen LogP contribution in [-0.4, -0.2) is 28.8 Å². The molecule has 1 aromatic carbocycles. The Morgan fingerprint density at radius 3 is 2.68 bits per heavy atom. The predicted octanol–water partition coefficient (Wildman–Crippen LogP) is 2.60. The van der Waals surface area contributed by atoms with E-state index in [1.165, 1.54) is 4.90 Å². The largest absolute Gasteiger partial charge is 0.339 e. The van der Waals surface area contributed by atoms with Gasteiger partial charge in [-0.05, 0) is 31.7 Å². The van der Waals surface area contributed by atoms with Gasteiger partial charge in [-0.2, -0.15) is 0 Å². The van der Waals surface area contributed by atoms with E-state index in [2.05, 4.69) is 0 Å². The molecule has 0 aliphatic heterocycles. The van der Waals surface area contributed by atoms with Crippen LogP contribution in [0.2, 0.25) is 0 Å². The van der Waals surface area contributed by atoms with Gasteiger partial charge < -0.3 is 4.90 Å². The number of halogens is 1. The molecular weight excluding hydrogens is 251 g/mol. The lowest BCUT2D eigenvalue weighted by atomic mass is 10.1. The van der Waals surface area contributed by atoms with Crippen molar-refractivity contribution < 1.29 is 14.1 Å². The Kier molecular flexibility index (Phi) is 3.50. The van der Waals surface area contributed by atoms with Gasteiger partial charge in [0.15, 0.2) is 0 Å². The zero-order chi connectivity index (χ0) is 14.2. The van der Waals surface area contributed by atoms with Crippen LogP contribution in [0.1, 0.15) is 30.1 Å². The Morgan fingerprint density at radius 1 is 1.53 bits per heavy atom. The first-order valence-corrected chi connectivity index (χ1v) is 6.13. The standard InChI is InChI=1S/C13H15FN2O3/c1-8(9-3-4-9)15(2)13(17)11-7-10(16(18)19)5-6-12(11)14/h5-9H,3-4H2,1-2H3. The van der Waals surface area contributed by atoms with Crippen molar-refractivity contribution in [3.8, 4) is 0 Å². The van der Waals surface area contributed by atoms with Crippen LogP contribution in [0.4, 0.5) is 10.1 Å². The second-order valence-corrected chi connectivity index (χ2v) is 4.92. The monoisotopic (exact) mass is 266 g/mol. The van der Waals surface area contributed by atoms with Gasteiger partial charge in [0.2, 0.25) is 0 Å². The molecule has 5 nitrogen and oxygen atoms in total. The molecule has 1 atom stereocenters. The molecule has 0 spiro atoms. The van der Waals surface area contributed by atoms with Crippen LogP contribution in [0.5, 0.6) is 0 Å². The summed E-state index contributed by atoms with van der Waals surface area (Å²) in [7, 11) is 1.60. The van der Waals surface area contributed by atoms with E-state index in [4.69, 9.17) is 0 Å². The minimum atomic E-state index is -0.731. The van der Waals surface area contributed by atoms with Gasteiger partial charge in [0.1, 0.15) is 5.82 Å². The van der Waals surface area contributed by atoms with Gasteiger partial charge in [-0.1, -0.05) is 0 Å². The van der Waals surface area contributed by atoms with Crippen LogP contribution >= 0.6 is 0 Å². The lowest BCUT2D eigenvalue weighted by molar-refractivity contribution is -0.384. The maximum absolute atomic E-state index is 13.7. The van der Waals surface area contributed by atoms with E-state index in [0.717, 1.165) is 31.0 Å². The summed E-state index contributed by atoms with van der Waals surface area (Å²) < 4.78 is 13.7. The molecule has 0 N–H and O–H groups in total. The quantitative estimate of drug-likeness (QED) is 0.621. The van der Waals surface area contributed by atoms with Crippen LogP contribution in [0.25, 0.3) is 0 Å². The number of carbonyl (C=O) groups is 1. The number of hydrogen-bond donors (Lipinski definition) is 0. The van der Waals surface area contributed by atoms with Crippen LogP contribution in [0, 0.1) is 21.8 Å². The fraction of sp³-hybridized carbons (Fsp3) is 0.462. The summed E-state index contributed by atoms with van der Waals surface area (Å²) in [5.74, 6) is -0.790. The Labute approximate surface area is 110 Å². The van der Waals surface area contributed by atoms with Crippen molar-refractivity contribution in [2.45, 2.75) is 25.8 Å². The van der Waals surface area contributed by atoms with Crippen molar-refractivity contribution in [3.05, 3.63) is 39.7 Å². The van der Waals surface area contributed by atoms with Gasteiger partial charge in [0.25, 0.3) is 11.6 Å². The molecule has 1 unspecified atom stereocenters. The van der Waals surface area contributed by atoms with Crippen LogP contribution in [0.15, 0.2) is 18.2 Å².